The van der Waals surface area contributed by atoms with E-state index < -0.39 is 79.0 Å². The molecule has 1 N–H and O–H groups in total. The first-order valence-corrected chi connectivity index (χ1v) is 8.70. The third-order valence-electron chi connectivity index (χ3n) is 4.59. The Balaban J connectivity index is 3.71. The summed E-state index contributed by atoms with van der Waals surface area (Å²) < 4.78 is 253. The molecule has 0 spiro atoms. The highest BCUT2D eigenvalue weighted by molar-refractivity contribution is 5.91. The second kappa shape index (κ2) is 8.57. The van der Waals surface area contributed by atoms with Gasteiger partial charge >= 0.3 is 53.6 Å². The predicted octanol–water partition coefficient (Wildman–Crippen LogP) is 5.87. The van der Waals surface area contributed by atoms with E-state index in [2.05, 4.69) is 4.99 Å². The van der Waals surface area contributed by atoms with Crippen molar-refractivity contribution in [2.45, 2.75) is 60.5 Å². The number of aliphatic imine (C=N–C) groups is 1. The van der Waals surface area contributed by atoms with E-state index in [0.29, 0.717) is 0 Å². The summed E-state index contributed by atoms with van der Waals surface area (Å²) in [7, 11) is 0. The van der Waals surface area contributed by atoms with Gasteiger partial charge in [-0.3, -0.25) is 10.0 Å². The van der Waals surface area contributed by atoms with Crippen LogP contribution in [0.2, 0.25) is 0 Å². The van der Waals surface area contributed by atoms with Crippen molar-refractivity contribution in [3.8, 4) is 0 Å². The Morgan fingerprint density at radius 2 is 0.917 bits per heavy atom. The van der Waals surface area contributed by atoms with E-state index in [1.165, 1.54) is 0 Å². The van der Waals surface area contributed by atoms with Gasteiger partial charge in [0.15, 0.2) is 5.84 Å². The van der Waals surface area contributed by atoms with E-state index in [1.807, 2.05) is 0 Å². The van der Waals surface area contributed by atoms with Crippen molar-refractivity contribution in [2.24, 2.45) is 4.99 Å². The van der Waals surface area contributed by atoms with Crippen LogP contribution in [0, 0.1) is 0 Å². The Morgan fingerprint density at radius 3 is 1.25 bits per heavy atom. The van der Waals surface area contributed by atoms with Gasteiger partial charge in [0.2, 0.25) is 0 Å². The van der Waals surface area contributed by atoms with Gasteiger partial charge in [0.1, 0.15) is 0 Å². The van der Waals surface area contributed by atoms with E-state index in [1.54, 1.807) is 5.43 Å². The number of rotatable bonds is 10. The number of alkyl halides is 19. The monoisotopic (exact) mass is 581 g/mol. The zero-order valence-electron chi connectivity index (χ0n) is 16.7. The van der Waals surface area contributed by atoms with Gasteiger partial charge < -0.3 is 0 Å². The SMILES string of the molecule is CCNN1CCN=C1C(F)(F)C(F)(F)C(F)(F)C(F)(F)C(F)(F)C(F)(F)C(F)(F)C(F)(F)C(F)(F)F. The summed E-state index contributed by atoms with van der Waals surface area (Å²) in [5.41, 5.74) is 1.77. The van der Waals surface area contributed by atoms with Gasteiger partial charge in [0.25, 0.3) is 0 Å². The number of hydrogen-bond donors (Lipinski definition) is 1. The first-order chi connectivity index (χ1) is 15.6. The van der Waals surface area contributed by atoms with E-state index in [-0.39, 0.29) is 5.01 Å². The normalized spacial score (nSPS) is 18.1. The molecule has 1 aliphatic heterocycles. The minimum absolute atomic E-state index is 0.174. The van der Waals surface area contributed by atoms with Crippen molar-refractivity contribution in [1.82, 2.24) is 10.4 Å². The van der Waals surface area contributed by atoms with Crippen LogP contribution in [0.5, 0.6) is 0 Å². The number of hydrazine groups is 1. The van der Waals surface area contributed by atoms with Crippen LogP contribution >= 0.6 is 0 Å². The largest absolute Gasteiger partial charge is 0.460 e. The second-order valence-corrected chi connectivity index (χ2v) is 6.96. The van der Waals surface area contributed by atoms with Gasteiger partial charge in [0.05, 0.1) is 13.1 Å². The van der Waals surface area contributed by atoms with Crippen LogP contribution in [0.4, 0.5) is 83.4 Å². The Labute approximate surface area is 186 Å². The van der Waals surface area contributed by atoms with E-state index in [0.717, 1.165) is 6.92 Å². The summed E-state index contributed by atoms with van der Waals surface area (Å²) in [6.07, 6.45) is -7.90. The number of nitrogens with zero attached hydrogens (tertiary/aromatic N) is 2. The molecule has 3 nitrogen and oxygen atoms in total. The zero-order chi connectivity index (χ0) is 29.2. The smallest absolute Gasteiger partial charge is 0.289 e. The Bertz CT molecular complexity index is 843. The van der Waals surface area contributed by atoms with E-state index >= 15 is 0 Å². The fourth-order valence-electron chi connectivity index (χ4n) is 2.56. The van der Waals surface area contributed by atoms with Crippen LogP contribution in [-0.4, -0.2) is 84.0 Å². The molecule has 0 bridgehead atoms. The molecule has 1 aliphatic rings. The quantitative estimate of drug-likeness (QED) is 0.327. The minimum atomic E-state index is -8.93. The molecular formula is C14H10F19N3. The van der Waals surface area contributed by atoms with Crippen molar-refractivity contribution in [2.75, 3.05) is 19.6 Å². The average Bonchev–Trinajstić information content (AvgIpc) is 3.15. The molecule has 0 saturated carbocycles. The lowest BCUT2D eigenvalue weighted by Crippen LogP contribution is -2.76. The van der Waals surface area contributed by atoms with Crippen molar-refractivity contribution in [3.05, 3.63) is 0 Å². The van der Waals surface area contributed by atoms with Crippen molar-refractivity contribution in [1.29, 1.82) is 0 Å². The Kier molecular flexibility index (Phi) is 7.65. The van der Waals surface area contributed by atoms with Crippen LogP contribution in [0.15, 0.2) is 4.99 Å². The summed E-state index contributed by atoms with van der Waals surface area (Å²) in [6, 6.07) is 0. The number of hydrogen-bond acceptors (Lipinski definition) is 3. The number of halogens is 19. The molecule has 0 atom stereocenters. The van der Waals surface area contributed by atoms with Gasteiger partial charge in [0, 0.05) is 6.54 Å². The summed E-state index contributed by atoms with van der Waals surface area (Å²) >= 11 is 0. The van der Waals surface area contributed by atoms with Crippen LogP contribution < -0.4 is 5.43 Å². The van der Waals surface area contributed by atoms with Gasteiger partial charge in [-0.25, -0.2) is 5.43 Å². The molecule has 1 heterocycles. The minimum Gasteiger partial charge on any atom is -0.289 e. The maximum Gasteiger partial charge on any atom is 0.460 e. The number of amidine groups is 1. The highest BCUT2D eigenvalue weighted by Gasteiger charge is 2.97. The van der Waals surface area contributed by atoms with Crippen LogP contribution in [0.1, 0.15) is 6.92 Å². The van der Waals surface area contributed by atoms with Crippen LogP contribution in [-0.2, 0) is 0 Å². The molecule has 214 valence electrons. The zero-order valence-corrected chi connectivity index (χ0v) is 16.7. The van der Waals surface area contributed by atoms with Crippen molar-refractivity contribution < 1.29 is 83.4 Å². The lowest BCUT2D eigenvalue weighted by molar-refractivity contribution is -0.466. The third kappa shape index (κ3) is 3.91. The summed E-state index contributed by atoms with van der Waals surface area (Å²) in [5.74, 6) is -69.4. The van der Waals surface area contributed by atoms with Crippen LogP contribution in [0.25, 0.3) is 0 Å². The Morgan fingerprint density at radius 1 is 0.583 bits per heavy atom. The molecule has 0 amide bonds. The molecule has 0 saturated heterocycles. The summed E-state index contributed by atoms with van der Waals surface area (Å²) in [4.78, 5) is 2.57. The van der Waals surface area contributed by atoms with Crippen molar-refractivity contribution >= 4 is 5.84 Å². The van der Waals surface area contributed by atoms with E-state index in [4.69, 9.17) is 0 Å². The summed E-state index contributed by atoms with van der Waals surface area (Å²) in [6.45, 7) is -1.15. The Hall–Kier alpha value is -1.90. The fourth-order valence-corrected chi connectivity index (χ4v) is 2.56. The first-order valence-electron chi connectivity index (χ1n) is 8.70. The lowest BCUT2D eigenvalue weighted by Gasteiger charge is -2.44. The van der Waals surface area contributed by atoms with Gasteiger partial charge in [-0.2, -0.15) is 83.4 Å². The molecule has 0 aliphatic carbocycles. The second-order valence-electron chi connectivity index (χ2n) is 6.96. The lowest BCUT2D eigenvalue weighted by atomic mass is 9.87. The number of nitrogens with one attached hydrogen (secondary N) is 1. The molecule has 0 aromatic rings. The first kappa shape index (κ1) is 32.1. The predicted molar refractivity (Wildman–Crippen MR) is 78.3 cm³/mol. The van der Waals surface area contributed by atoms with Gasteiger partial charge in [-0.15, -0.1) is 0 Å². The highest BCUT2D eigenvalue weighted by Crippen LogP contribution is 2.65. The average molecular weight is 581 g/mol. The van der Waals surface area contributed by atoms with Gasteiger partial charge in [-0.1, -0.05) is 6.92 Å². The van der Waals surface area contributed by atoms with Crippen molar-refractivity contribution in [3.63, 3.8) is 0 Å². The maximum absolute atomic E-state index is 14.1. The molecule has 22 heteroatoms. The molecule has 36 heavy (non-hydrogen) atoms. The molecule has 0 aromatic heterocycles. The van der Waals surface area contributed by atoms with Crippen LogP contribution in [0.3, 0.4) is 0 Å². The standard InChI is InChI=1S/C14H10F19N3/c1-2-35-36-4-3-34-5(36)6(15,16)7(17,18)8(19,20)9(21,22)10(23,24)11(25,26)12(27,28)13(29,30)14(31,32)33/h35H,2-4H2,1H3. The maximum atomic E-state index is 14.1. The van der Waals surface area contributed by atoms with Gasteiger partial charge in [-0.05, 0) is 0 Å². The molecule has 0 radical (unpaired) electrons. The third-order valence-corrected chi connectivity index (χ3v) is 4.59. The summed E-state index contributed by atoms with van der Waals surface area (Å²) in [5, 5.41) is -0.174. The molecule has 1 rings (SSSR count). The highest BCUT2D eigenvalue weighted by atomic mass is 19.4. The molecule has 0 unspecified atom stereocenters. The fraction of sp³-hybridized carbons (Fsp3) is 0.929. The molecular weight excluding hydrogens is 571 g/mol. The molecule has 0 fully saturated rings. The van der Waals surface area contributed by atoms with E-state index in [9.17, 15) is 83.4 Å². The molecule has 0 aromatic carbocycles. The topological polar surface area (TPSA) is 27.6 Å².